The third kappa shape index (κ3) is 2.33. The molecule has 1 atom stereocenters. The molecule has 2 aromatic carbocycles. The lowest BCUT2D eigenvalue weighted by Crippen LogP contribution is -2.24. The van der Waals surface area contributed by atoms with Crippen molar-refractivity contribution in [3.63, 3.8) is 0 Å². The van der Waals surface area contributed by atoms with Gasteiger partial charge in [-0.15, -0.1) is 0 Å². The van der Waals surface area contributed by atoms with E-state index in [9.17, 15) is 0 Å². The van der Waals surface area contributed by atoms with Crippen LogP contribution >= 0.6 is 0 Å². The van der Waals surface area contributed by atoms with Crippen LogP contribution in [0, 0.1) is 5.92 Å². The average molecular weight is 265 g/mol. The van der Waals surface area contributed by atoms with E-state index >= 15 is 0 Å². The Bertz CT molecular complexity index is 613. The van der Waals surface area contributed by atoms with Crippen LogP contribution in [0.3, 0.4) is 0 Å². The molecular weight excluding hydrogens is 242 g/mol. The predicted octanol–water partition coefficient (Wildman–Crippen LogP) is 5.10. The summed E-state index contributed by atoms with van der Waals surface area (Å²) in [7, 11) is 0. The van der Waals surface area contributed by atoms with Crippen molar-refractivity contribution in [3.05, 3.63) is 53.6 Å². The number of fused-ring (bicyclic) bond motifs is 3. The highest BCUT2D eigenvalue weighted by atomic mass is 14.9. The monoisotopic (exact) mass is 265 g/mol. The average Bonchev–Trinajstić information content (AvgIpc) is 2.82. The third-order valence-electron chi connectivity index (χ3n) is 4.39. The van der Waals surface area contributed by atoms with Gasteiger partial charge in [-0.1, -0.05) is 51.1 Å². The van der Waals surface area contributed by atoms with E-state index in [1.54, 1.807) is 0 Å². The smallest absolute Gasteiger partial charge is 0.0345 e. The van der Waals surface area contributed by atoms with E-state index in [1.165, 1.54) is 27.9 Å². The number of hydrogen-bond donors (Lipinski definition) is 1. The van der Waals surface area contributed by atoms with Crippen LogP contribution in [0.5, 0.6) is 0 Å². The number of nitrogens with one attached hydrogen (secondary N) is 1. The van der Waals surface area contributed by atoms with Gasteiger partial charge < -0.3 is 5.32 Å². The van der Waals surface area contributed by atoms with E-state index in [1.807, 2.05) is 0 Å². The van der Waals surface area contributed by atoms with Gasteiger partial charge in [0, 0.05) is 11.7 Å². The molecule has 1 N–H and O–H groups in total. The van der Waals surface area contributed by atoms with Crippen molar-refractivity contribution in [1.29, 1.82) is 0 Å². The fourth-order valence-corrected chi connectivity index (χ4v) is 3.19. The fraction of sp³-hybridized carbons (Fsp3) is 0.368. The molecule has 0 saturated heterocycles. The maximum atomic E-state index is 3.68. The second-order valence-electron chi connectivity index (χ2n) is 6.11. The van der Waals surface area contributed by atoms with Gasteiger partial charge in [0.1, 0.15) is 0 Å². The molecular formula is C19H23N. The third-order valence-corrected chi connectivity index (χ3v) is 4.39. The number of benzene rings is 2. The Morgan fingerprint density at radius 3 is 2.50 bits per heavy atom. The Kier molecular flexibility index (Phi) is 3.52. The summed E-state index contributed by atoms with van der Waals surface area (Å²) in [6.07, 6.45) is 2.23. The normalized spacial score (nSPS) is 14.0. The predicted molar refractivity (Wildman–Crippen MR) is 87.2 cm³/mol. The molecule has 1 aliphatic carbocycles. The van der Waals surface area contributed by atoms with Crippen LogP contribution in [-0.4, -0.2) is 6.04 Å². The Morgan fingerprint density at radius 1 is 1.00 bits per heavy atom. The molecule has 0 fully saturated rings. The van der Waals surface area contributed by atoms with Crippen molar-refractivity contribution >= 4 is 5.69 Å². The lowest BCUT2D eigenvalue weighted by molar-refractivity contribution is 0.511. The molecule has 0 aromatic heterocycles. The Hall–Kier alpha value is -1.76. The van der Waals surface area contributed by atoms with Crippen LogP contribution in [-0.2, 0) is 6.42 Å². The molecule has 0 radical (unpaired) electrons. The standard InChI is InChI=1S/C19H23N/c1-4-19(13(2)3)20-16-9-10-18-15(12-16)11-14-7-5-6-8-17(14)18/h5-10,12-13,19-20H,4,11H2,1-3H3. The van der Waals surface area contributed by atoms with E-state index in [2.05, 4.69) is 68.6 Å². The number of hydrogen-bond acceptors (Lipinski definition) is 1. The van der Waals surface area contributed by atoms with Gasteiger partial charge in [-0.3, -0.25) is 0 Å². The molecule has 0 aliphatic heterocycles. The van der Waals surface area contributed by atoms with Gasteiger partial charge in [0.25, 0.3) is 0 Å². The van der Waals surface area contributed by atoms with E-state index in [-0.39, 0.29) is 0 Å². The highest BCUT2D eigenvalue weighted by Crippen LogP contribution is 2.37. The molecule has 1 nitrogen and oxygen atoms in total. The molecule has 104 valence electrons. The summed E-state index contributed by atoms with van der Waals surface area (Å²) < 4.78 is 0. The molecule has 0 heterocycles. The minimum Gasteiger partial charge on any atom is -0.382 e. The first-order valence-corrected chi connectivity index (χ1v) is 7.66. The Morgan fingerprint density at radius 2 is 1.75 bits per heavy atom. The van der Waals surface area contributed by atoms with Crippen molar-refractivity contribution in [3.8, 4) is 11.1 Å². The minimum atomic E-state index is 0.553. The summed E-state index contributed by atoms with van der Waals surface area (Å²) in [5.41, 5.74) is 6.98. The molecule has 0 amide bonds. The van der Waals surface area contributed by atoms with Gasteiger partial charge in [0.15, 0.2) is 0 Å². The van der Waals surface area contributed by atoms with Crippen molar-refractivity contribution in [2.75, 3.05) is 5.32 Å². The highest BCUT2D eigenvalue weighted by molar-refractivity contribution is 5.78. The SMILES string of the molecule is CCC(Nc1ccc2c(c1)Cc1ccccc1-2)C(C)C. The number of anilines is 1. The summed E-state index contributed by atoms with van der Waals surface area (Å²) in [6, 6.07) is 16.1. The first-order valence-electron chi connectivity index (χ1n) is 7.66. The van der Waals surface area contributed by atoms with Gasteiger partial charge in [-0.2, -0.15) is 0 Å². The quantitative estimate of drug-likeness (QED) is 0.691. The lowest BCUT2D eigenvalue weighted by Gasteiger charge is -2.22. The molecule has 1 unspecified atom stereocenters. The van der Waals surface area contributed by atoms with Crippen LogP contribution in [0.1, 0.15) is 38.3 Å². The van der Waals surface area contributed by atoms with Gasteiger partial charge >= 0.3 is 0 Å². The highest BCUT2D eigenvalue weighted by Gasteiger charge is 2.18. The zero-order valence-corrected chi connectivity index (χ0v) is 12.6. The lowest BCUT2D eigenvalue weighted by atomic mass is 10.0. The van der Waals surface area contributed by atoms with Crippen molar-refractivity contribution in [2.24, 2.45) is 5.92 Å². The fourth-order valence-electron chi connectivity index (χ4n) is 3.19. The first-order chi connectivity index (χ1) is 9.69. The molecule has 1 aliphatic rings. The van der Waals surface area contributed by atoms with Crippen LogP contribution in [0.2, 0.25) is 0 Å². The maximum absolute atomic E-state index is 3.68. The minimum absolute atomic E-state index is 0.553. The number of rotatable bonds is 4. The summed E-state index contributed by atoms with van der Waals surface area (Å²) in [5, 5.41) is 3.68. The van der Waals surface area contributed by atoms with Crippen molar-refractivity contribution in [1.82, 2.24) is 0 Å². The molecule has 0 saturated carbocycles. The van der Waals surface area contributed by atoms with E-state index in [0.717, 1.165) is 12.8 Å². The zero-order valence-electron chi connectivity index (χ0n) is 12.6. The Balaban J connectivity index is 1.87. The van der Waals surface area contributed by atoms with E-state index < -0.39 is 0 Å². The van der Waals surface area contributed by atoms with Crippen LogP contribution < -0.4 is 5.32 Å². The second-order valence-corrected chi connectivity index (χ2v) is 6.11. The Labute approximate surface area is 122 Å². The maximum Gasteiger partial charge on any atom is 0.0345 e. The van der Waals surface area contributed by atoms with Crippen molar-refractivity contribution < 1.29 is 0 Å². The van der Waals surface area contributed by atoms with Gasteiger partial charge in [0.2, 0.25) is 0 Å². The van der Waals surface area contributed by atoms with E-state index in [4.69, 9.17) is 0 Å². The topological polar surface area (TPSA) is 12.0 Å². The molecule has 20 heavy (non-hydrogen) atoms. The summed E-state index contributed by atoms with van der Waals surface area (Å²) in [4.78, 5) is 0. The first kappa shape index (κ1) is 13.2. The molecule has 3 rings (SSSR count). The summed E-state index contributed by atoms with van der Waals surface area (Å²) >= 11 is 0. The van der Waals surface area contributed by atoms with E-state index in [0.29, 0.717) is 12.0 Å². The van der Waals surface area contributed by atoms with Crippen molar-refractivity contribution in [2.45, 2.75) is 39.7 Å². The van der Waals surface area contributed by atoms with Gasteiger partial charge in [0.05, 0.1) is 0 Å². The second kappa shape index (κ2) is 5.32. The van der Waals surface area contributed by atoms with Gasteiger partial charge in [-0.25, -0.2) is 0 Å². The van der Waals surface area contributed by atoms with Gasteiger partial charge in [-0.05, 0) is 53.1 Å². The molecule has 0 spiro atoms. The molecule has 1 heteroatoms. The molecule has 0 bridgehead atoms. The van der Waals surface area contributed by atoms with Crippen LogP contribution in [0.4, 0.5) is 5.69 Å². The van der Waals surface area contributed by atoms with Crippen LogP contribution in [0.15, 0.2) is 42.5 Å². The largest absolute Gasteiger partial charge is 0.382 e. The summed E-state index contributed by atoms with van der Waals surface area (Å²) in [5.74, 6) is 0.658. The summed E-state index contributed by atoms with van der Waals surface area (Å²) in [6.45, 7) is 6.82. The van der Waals surface area contributed by atoms with Crippen LogP contribution in [0.25, 0.3) is 11.1 Å². The molecule has 2 aromatic rings. The zero-order chi connectivity index (χ0) is 14.1.